The van der Waals surface area contributed by atoms with Crippen molar-refractivity contribution in [3.8, 4) is 0 Å². The van der Waals surface area contributed by atoms with Crippen LogP contribution in [0.15, 0.2) is 0 Å². The van der Waals surface area contributed by atoms with Crippen molar-refractivity contribution in [3.63, 3.8) is 0 Å². The SMILES string of the molecule is CCCn1c(N2CCCC(OC)C2)n[nH]c1=S. The van der Waals surface area contributed by atoms with Crippen LogP contribution in [0.25, 0.3) is 0 Å². The van der Waals surface area contributed by atoms with Crippen LogP contribution in [-0.2, 0) is 11.3 Å². The van der Waals surface area contributed by atoms with E-state index < -0.39 is 0 Å². The molecule has 1 atom stereocenters. The molecule has 1 N–H and O–H groups in total. The summed E-state index contributed by atoms with van der Waals surface area (Å²) in [4.78, 5) is 2.26. The second kappa shape index (κ2) is 5.64. The molecule has 1 fully saturated rings. The smallest absolute Gasteiger partial charge is 0.225 e. The number of methoxy groups -OCH3 is 1. The molecule has 1 aliphatic rings. The molecule has 1 unspecified atom stereocenters. The van der Waals surface area contributed by atoms with Gasteiger partial charge in [-0.3, -0.25) is 4.57 Å². The summed E-state index contributed by atoms with van der Waals surface area (Å²) >= 11 is 5.25. The largest absolute Gasteiger partial charge is 0.380 e. The van der Waals surface area contributed by atoms with Crippen LogP contribution in [0.4, 0.5) is 5.95 Å². The van der Waals surface area contributed by atoms with Gasteiger partial charge in [0, 0.05) is 26.7 Å². The van der Waals surface area contributed by atoms with E-state index in [1.807, 2.05) is 0 Å². The Morgan fingerprint density at radius 2 is 2.41 bits per heavy atom. The number of hydrogen-bond donors (Lipinski definition) is 1. The van der Waals surface area contributed by atoms with E-state index in [-0.39, 0.29) is 0 Å². The van der Waals surface area contributed by atoms with Crippen LogP contribution in [0.1, 0.15) is 26.2 Å². The van der Waals surface area contributed by atoms with E-state index in [0.29, 0.717) is 10.9 Å². The number of aromatic nitrogens is 3. The Balaban J connectivity index is 2.18. The van der Waals surface area contributed by atoms with E-state index in [9.17, 15) is 0 Å². The van der Waals surface area contributed by atoms with E-state index in [2.05, 4.69) is 26.6 Å². The maximum Gasteiger partial charge on any atom is 0.225 e. The van der Waals surface area contributed by atoms with Crippen LogP contribution in [0.5, 0.6) is 0 Å². The predicted octanol–water partition coefficient (Wildman–Crippen LogP) is 1.97. The highest BCUT2D eigenvalue weighted by Gasteiger charge is 2.23. The van der Waals surface area contributed by atoms with Crippen molar-refractivity contribution in [1.29, 1.82) is 0 Å². The Morgan fingerprint density at radius 1 is 1.59 bits per heavy atom. The minimum absolute atomic E-state index is 0.309. The summed E-state index contributed by atoms with van der Waals surface area (Å²) in [5, 5.41) is 7.23. The van der Waals surface area contributed by atoms with Gasteiger partial charge in [0.2, 0.25) is 5.95 Å². The Hall–Kier alpha value is -0.880. The molecule has 6 heteroatoms. The summed E-state index contributed by atoms with van der Waals surface area (Å²) in [6.07, 6.45) is 3.64. The molecule has 2 heterocycles. The molecule has 17 heavy (non-hydrogen) atoms. The van der Waals surface area contributed by atoms with E-state index in [1.165, 1.54) is 0 Å². The second-order valence-electron chi connectivity index (χ2n) is 4.43. The number of H-pyrrole nitrogens is 1. The number of nitrogens with one attached hydrogen (secondary N) is 1. The van der Waals surface area contributed by atoms with Crippen molar-refractivity contribution in [2.45, 2.75) is 38.8 Å². The maximum atomic E-state index is 5.43. The van der Waals surface area contributed by atoms with Crippen LogP contribution in [0.2, 0.25) is 0 Å². The molecule has 5 nitrogen and oxygen atoms in total. The first-order valence-electron chi connectivity index (χ1n) is 6.19. The third kappa shape index (κ3) is 2.69. The lowest BCUT2D eigenvalue weighted by Gasteiger charge is -2.32. The number of rotatable bonds is 4. The molecule has 0 aromatic carbocycles. The van der Waals surface area contributed by atoms with Crippen molar-refractivity contribution in [2.24, 2.45) is 0 Å². The standard InChI is InChI=1S/C11H20N4OS/c1-3-6-15-10(12-13-11(15)17)14-7-4-5-9(8-14)16-2/h9H,3-8H2,1-2H3,(H,13,17). The zero-order valence-electron chi connectivity index (χ0n) is 10.5. The third-order valence-corrected chi connectivity index (χ3v) is 3.49. The molecule has 0 bridgehead atoms. The molecule has 1 aromatic rings. The number of aromatic amines is 1. The van der Waals surface area contributed by atoms with Gasteiger partial charge in [0.15, 0.2) is 4.77 Å². The van der Waals surface area contributed by atoms with E-state index in [1.54, 1.807) is 7.11 Å². The van der Waals surface area contributed by atoms with Gasteiger partial charge in [-0.15, -0.1) is 5.10 Å². The fraction of sp³-hybridized carbons (Fsp3) is 0.818. The highest BCUT2D eigenvalue weighted by molar-refractivity contribution is 7.71. The molecular weight excluding hydrogens is 236 g/mol. The van der Waals surface area contributed by atoms with Gasteiger partial charge in [-0.1, -0.05) is 6.92 Å². The van der Waals surface area contributed by atoms with Crippen LogP contribution in [-0.4, -0.2) is 41.1 Å². The maximum absolute atomic E-state index is 5.43. The Labute approximate surface area is 107 Å². The Morgan fingerprint density at radius 3 is 3.12 bits per heavy atom. The number of ether oxygens (including phenoxy) is 1. The molecule has 0 aliphatic carbocycles. The summed E-state index contributed by atoms with van der Waals surface area (Å²) in [5.74, 6) is 0.957. The van der Waals surface area contributed by atoms with Crippen molar-refractivity contribution < 1.29 is 4.74 Å². The summed E-state index contributed by atoms with van der Waals surface area (Å²) < 4.78 is 8.22. The summed E-state index contributed by atoms with van der Waals surface area (Å²) in [6, 6.07) is 0. The Kier molecular flexibility index (Phi) is 4.17. The molecule has 0 saturated carbocycles. The van der Waals surface area contributed by atoms with Crippen molar-refractivity contribution >= 4 is 18.2 Å². The van der Waals surface area contributed by atoms with Gasteiger partial charge < -0.3 is 9.64 Å². The monoisotopic (exact) mass is 256 g/mol. The molecule has 96 valence electrons. The first-order valence-corrected chi connectivity index (χ1v) is 6.60. The quantitative estimate of drug-likeness (QED) is 0.837. The van der Waals surface area contributed by atoms with Gasteiger partial charge in [-0.05, 0) is 31.5 Å². The second-order valence-corrected chi connectivity index (χ2v) is 4.81. The summed E-state index contributed by atoms with van der Waals surface area (Å²) in [6.45, 7) is 4.99. The normalized spacial score (nSPS) is 20.8. The van der Waals surface area contributed by atoms with Crippen LogP contribution >= 0.6 is 12.2 Å². The average Bonchev–Trinajstić information content (AvgIpc) is 2.72. The zero-order chi connectivity index (χ0) is 12.3. The van der Waals surface area contributed by atoms with Gasteiger partial charge in [0.05, 0.1) is 6.10 Å². The highest BCUT2D eigenvalue weighted by atomic mass is 32.1. The van der Waals surface area contributed by atoms with Crippen molar-refractivity contribution in [3.05, 3.63) is 4.77 Å². The average molecular weight is 256 g/mol. The predicted molar refractivity (Wildman–Crippen MR) is 69.9 cm³/mol. The Bertz CT molecular complexity index is 414. The molecular formula is C11H20N4OS. The summed E-state index contributed by atoms with van der Waals surface area (Å²) in [5.41, 5.74) is 0. The molecule has 0 spiro atoms. The number of piperidine rings is 1. The topological polar surface area (TPSA) is 46.1 Å². The molecule has 2 rings (SSSR count). The molecule has 0 amide bonds. The van der Waals surface area contributed by atoms with Gasteiger partial charge >= 0.3 is 0 Å². The highest BCUT2D eigenvalue weighted by Crippen LogP contribution is 2.19. The summed E-state index contributed by atoms with van der Waals surface area (Å²) in [7, 11) is 1.78. The van der Waals surface area contributed by atoms with Crippen molar-refractivity contribution in [1.82, 2.24) is 14.8 Å². The lowest BCUT2D eigenvalue weighted by molar-refractivity contribution is 0.0887. The number of anilines is 1. The fourth-order valence-corrected chi connectivity index (χ4v) is 2.51. The van der Waals surface area contributed by atoms with Gasteiger partial charge in [0.1, 0.15) is 0 Å². The molecule has 0 radical (unpaired) electrons. The van der Waals surface area contributed by atoms with Gasteiger partial charge in [0.25, 0.3) is 0 Å². The van der Waals surface area contributed by atoms with E-state index in [4.69, 9.17) is 17.0 Å². The zero-order valence-corrected chi connectivity index (χ0v) is 11.3. The molecule has 1 saturated heterocycles. The number of hydrogen-bond acceptors (Lipinski definition) is 4. The minimum Gasteiger partial charge on any atom is -0.380 e. The fourth-order valence-electron chi connectivity index (χ4n) is 2.29. The molecule has 1 aromatic heterocycles. The molecule has 1 aliphatic heterocycles. The van der Waals surface area contributed by atoms with E-state index in [0.717, 1.165) is 44.8 Å². The first kappa shape index (κ1) is 12.6. The van der Waals surface area contributed by atoms with Gasteiger partial charge in [-0.25, -0.2) is 5.10 Å². The lowest BCUT2D eigenvalue weighted by Crippen LogP contribution is -2.40. The first-order chi connectivity index (χ1) is 8.26. The lowest BCUT2D eigenvalue weighted by atomic mass is 10.1. The van der Waals surface area contributed by atoms with Crippen molar-refractivity contribution in [2.75, 3.05) is 25.1 Å². The number of nitrogens with zero attached hydrogens (tertiary/aromatic N) is 3. The van der Waals surface area contributed by atoms with E-state index >= 15 is 0 Å². The van der Waals surface area contributed by atoms with Crippen LogP contribution in [0, 0.1) is 4.77 Å². The van der Waals surface area contributed by atoms with Crippen LogP contribution in [0.3, 0.4) is 0 Å². The van der Waals surface area contributed by atoms with Crippen LogP contribution < -0.4 is 4.90 Å². The van der Waals surface area contributed by atoms with Gasteiger partial charge in [-0.2, -0.15) is 0 Å². The minimum atomic E-state index is 0.309. The third-order valence-electron chi connectivity index (χ3n) is 3.18.